The van der Waals surface area contributed by atoms with Crippen molar-refractivity contribution in [2.45, 2.75) is 45.8 Å². The minimum atomic E-state index is -0.423. The van der Waals surface area contributed by atoms with Gasteiger partial charge in [0, 0.05) is 5.56 Å². The fourth-order valence-electron chi connectivity index (χ4n) is 1.54. The summed E-state index contributed by atoms with van der Waals surface area (Å²) in [6, 6.07) is 9.96. The van der Waals surface area contributed by atoms with E-state index in [1.165, 1.54) is 0 Å². The highest BCUT2D eigenvalue weighted by atomic mass is 16.5. The molecule has 1 aromatic carbocycles. The summed E-state index contributed by atoms with van der Waals surface area (Å²) in [7, 11) is 0. The molecule has 0 unspecified atom stereocenters. The third kappa shape index (κ3) is 5.00. The Morgan fingerprint density at radius 2 is 1.50 bits per heavy atom. The first-order valence-corrected chi connectivity index (χ1v) is 5.57. The molecule has 0 aliphatic heterocycles. The zero-order chi connectivity index (χ0) is 12.2. The van der Waals surface area contributed by atoms with Gasteiger partial charge in [-0.15, -0.1) is 0 Å². The van der Waals surface area contributed by atoms with Crippen LogP contribution >= 0.6 is 0 Å². The number of hydrogen-bond acceptors (Lipinski definition) is 1. The maximum absolute atomic E-state index is 5.87. The van der Waals surface area contributed by atoms with Gasteiger partial charge in [-0.05, 0) is 46.8 Å². The highest BCUT2D eigenvalue weighted by Crippen LogP contribution is 2.18. The third-order valence-electron chi connectivity index (χ3n) is 1.84. The van der Waals surface area contributed by atoms with E-state index in [0.717, 1.165) is 5.56 Å². The molecular weight excluding hydrogens is 196 g/mol. The summed E-state index contributed by atoms with van der Waals surface area (Å²) in [5, 5.41) is 0. The lowest BCUT2D eigenvalue weighted by Gasteiger charge is -2.29. The van der Waals surface area contributed by atoms with Gasteiger partial charge in [0.1, 0.15) is 5.60 Å². The summed E-state index contributed by atoms with van der Waals surface area (Å²) in [4.78, 5) is 0. The Morgan fingerprint density at radius 3 is 2.00 bits per heavy atom. The van der Waals surface area contributed by atoms with Gasteiger partial charge < -0.3 is 4.74 Å². The molecule has 0 saturated heterocycles. The predicted octanol–water partition coefficient (Wildman–Crippen LogP) is 3.63. The van der Waals surface area contributed by atoms with Crippen molar-refractivity contribution in [2.24, 2.45) is 0 Å². The van der Waals surface area contributed by atoms with Crippen LogP contribution in [0.4, 0.5) is 0 Å². The van der Waals surface area contributed by atoms with Crippen LogP contribution < -0.4 is 0 Å². The van der Waals surface area contributed by atoms with E-state index in [0.29, 0.717) is 0 Å². The Hall–Kier alpha value is -1.26. The van der Waals surface area contributed by atoms with Gasteiger partial charge in [0.05, 0.1) is 5.60 Å². The summed E-state index contributed by atoms with van der Waals surface area (Å²) in [5.41, 5.74) is 0.427. The zero-order valence-electron chi connectivity index (χ0n) is 10.8. The fourth-order valence-corrected chi connectivity index (χ4v) is 1.54. The van der Waals surface area contributed by atoms with Crippen LogP contribution in [0, 0.1) is 11.8 Å². The van der Waals surface area contributed by atoms with Gasteiger partial charge in [0.2, 0.25) is 0 Å². The van der Waals surface area contributed by atoms with Gasteiger partial charge in [-0.2, -0.15) is 0 Å². The SMILES string of the molecule is CC(C)(C)OC(C)(C)C#Cc1ccccc1. The van der Waals surface area contributed by atoms with Gasteiger partial charge in [-0.1, -0.05) is 30.0 Å². The summed E-state index contributed by atoms with van der Waals surface area (Å²) in [6.45, 7) is 10.1. The summed E-state index contributed by atoms with van der Waals surface area (Å²) in [6.07, 6.45) is 0. The normalized spacial score (nSPS) is 11.8. The maximum Gasteiger partial charge on any atom is 0.124 e. The average Bonchev–Trinajstić information content (AvgIpc) is 2.13. The number of rotatable bonds is 1. The molecule has 16 heavy (non-hydrogen) atoms. The monoisotopic (exact) mass is 216 g/mol. The van der Waals surface area contributed by atoms with E-state index in [1.54, 1.807) is 0 Å². The summed E-state index contributed by atoms with van der Waals surface area (Å²) in [5.74, 6) is 6.29. The van der Waals surface area contributed by atoms with Crippen molar-refractivity contribution >= 4 is 0 Å². The lowest BCUT2D eigenvalue weighted by atomic mass is 10.1. The Balaban J connectivity index is 2.77. The molecule has 0 amide bonds. The molecule has 0 N–H and O–H groups in total. The number of benzene rings is 1. The van der Waals surface area contributed by atoms with Crippen molar-refractivity contribution < 1.29 is 4.74 Å². The summed E-state index contributed by atoms with van der Waals surface area (Å²) >= 11 is 0. The smallest absolute Gasteiger partial charge is 0.124 e. The maximum atomic E-state index is 5.87. The van der Waals surface area contributed by atoms with Crippen molar-refractivity contribution in [1.82, 2.24) is 0 Å². The minimum absolute atomic E-state index is 0.172. The fraction of sp³-hybridized carbons (Fsp3) is 0.467. The van der Waals surface area contributed by atoms with Crippen LogP contribution in [-0.2, 0) is 4.74 Å². The zero-order valence-corrected chi connectivity index (χ0v) is 10.8. The quantitative estimate of drug-likeness (QED) is 0.651. The molecule has 1 rings (SSSR count). The topological polar surface area (TPSA) is 9.23 Å². The highest BCUT2D eigenvalue weighted by molar-refractivity contribution is 5.35. The molecule has 86 valence electrons. The van der Waals surface area contributed by atoms with E-state index in [2.05, 4.69) is 11.8 Å². The molecule has 0 aromatic heterocycles. The molecule has 1 nitrogen and oxygen atoms in total. The molecule has 0 bridgehead atoms. The lowest BCUT2D eigenvalue weighted by Crippen LogP contribution is -2.33. The van der Waals surface area contributed by atoms with Crippen molar-refractivity contribution in [3.63, 3.8) is 0 Å². The van der Waals surface area contributed by atoms with Crippen molar-refractivity contribution in [1.29, 1.82) is 0 Å². The molecule has 0 fully saturated rings. The van der Waals surface area contributed by atoms with Crippen LogP contribution in [0.2, 0.25) is 0 Å². The second-order valence-corrected chi connectivity index (χ2v) is 5.34. The molecule has 1 heteroatoms. The molecule has 0 saturated carbocycles. The third-order valence-corrected chi connectivity index (χ3v) is 1.84. The summed E-state index contributed by atoms with van der Waals surface area (Å²) < 4.78 is 5.87. The second-order valence-electron chi connectivity index (χ2n) is 5.34. The van der Waals surface area contributed by atoms with Crippen molar-refractivity contribution in [3.05, 3.63) is 35.9 Å². The van der Waals surface area contributed by atoms with Crippen molar-refractivity contribution in [2.75, 3.05) is 0 Å². The van der Waals surface area contributed by atoms with Gasteiger partial charge in [-0.3, -0.25) is 0 Å². The molecule has 0 spiro atoms. The van der Waals surface area contributed by atoms with Crippen LogP contribution in [0.3, 0.4) is 0 Å². The highest BCUT2D eigenvalue weighted by Gasteiger charge is 2.23. The minimum Gasteiger partial charge on any atom is -0.357 e. The van der Waals surface area contributed by atoms with E-state index in [1.807, 2.05) is 65.0 Å². The van der Waals surface area contributed by atoms with E-state index >= 15 is 0 Å². The lowest BCUT2D eigenvalue weighted by molar-refractivity contribution is -0.0802. The molecule has 1 aromatic rings. The molecule has 0 heterocycles. The average molecular weight is 216 g/mol. The second kappa shape index (κ2) is 4.72. The van der Waals surface area contributed by atoms with Gasteiger partial charge in [0.15, 0.2) is 0 Å². The predicted molar refractivity (Wildman–Crippen MR) is 68.2 cm³/mol. The number of ether oxygens (including phenoxy) is 1. The van der Waals surface area contributed by atoms with Crippen LogP contribution in [0.5, 0.6) is 0 Å². The molecular formula is C15H20O. The first kappa shape index (κ1) is 12.8. The van der Waals surface area contributed by atoms with Gasteiger partial charge in [0.25, 0.3) is 0 Å². The Labute approximate surface area is 98.8 Å². The Kier molecular flexibility index (Phi) is 3.78. The Bertz CT molecular complexity index is 385. The number of hydrogen-bond donors (Lipinski definition) is 0. The van der Waals surface area contributed by atoms with E-state index < -0.39 is 5.60 Å². The van der Waals surface area contributed by atoms with E-state index in [-0.39, 0.29) is 5.60 Å². The van der Waals surface area contributed by atoms with Crippen LogP contribution in [0.15, 0.2) is 30.3 Å². The Morgan fingerprint density at radius 1 is 0.938 bits per heavy atom. The van der Waals surface area contributed by atoms with Crippen molar-refractivity contribution in [3.8, 4) is 11.8 Å². The van der Waals surface area contributed by atoms with Crippen LogP contribution in [-0.4, -0.2) is 11.2 Å². The van der Waals surface area contributed by atoms with Crippen LogP contribution in [0.1, 0.15) is 40.2 Å². The van der Waals surface area contributed by atoms with Gasteiger partial charge >= 0.3 is 0 Å². The van der Waals surface area contributed by atoms with Gasteiger partial charge in [-0.25, -0.2) is 0 Å². The molecule has 0 aliphatic carbocycles. The van der Waals surface area contributed by atoms with E-state index in [4.69, 9.17) is 4.74 Å². The first-order chi connectivity index (χ1) is 7.29. The van der Waals surface area contributed by atoms with E-state index in [9.17, 15) is 0 Å². The largest absolute Gasteiger partial charge is 0.357 e. The first-order valence-electron chi connectivity index (χ1n) is 5.57. The van der Waals surface area contributed by atoms with Crippen LogP contribution in [0.25, 0.3) is 0 Å². The molecule has 0 radical (unpaired) electrons. The molecule has 0 aliphatic rings. The standard InChI is InChI=1S/C15H20O/c1-14(2,3)16-15(4,5)12-11-13-9-7-6-8-10-13/h6-10H,1-5H3. The molecule has 0 atom stereocenters.